The Bertz CT molecular complexity index is 831. The number of halogens is 1. The van der Waals surface area contributed by atoms with Crippen LogP contribution in [0.4, 0.5) is 4.39 Å². The van der Waals surface area contributed by atoms with Gasteiger partial charge in [-0.2, -0.15) is 4.31 Å². The summed E-state index contributed by atoms with van der Waals surface area (Å²) in [5.41, 5.74) is 0.388. The van der Waals surface area contributed by atoms with Gasteiger partial charge in [0.25, 0.3) is 0 Å². The molecule has 24 heavy (non-hydrogen) atoms. The van der Waals surface area contributed by atoms with Crippen molar-refractivity contribution in [1.29, 1.82) is 0 Å². The molecular formula is C15H21FN2O4S2. The maximum absolute atomic E-state index is 13.2. The molecule has 134 valence electrons. The van der Waals surface area contributed by atoms with Crippen LogP contribution >= 0.6 is 0 Å². The maximum Gasteiger partial charge on any atom is 0.243 e. The molecule has 2 aliphatic heterocycles. The number of nitrogens with zero attached hydrogens (tertiary/aromatic N) is 2. The molecule has 2 saturated heterocycles. The average Bonchev–Trinajstić information content (AvgIpc) is 2.87. The van der Waals surface area contributed by atoms with Crippen LogP contribution < -0.4 is 0 Å². The molecule has 2 fully saturated rings. The van der Waals surface area contributed by atoms with E-state index < -0.39 is 25.7 Å². The van der Waals surface area contributed by atoms with Crippen molar-refractivity contribution in [3.8, 4) is 0 Å². The molecular weight excluding hydrogens is 355 g/mol. The Balaban J connectivity index is 1.70. The van der Waals surface area contributed by atoms with Gasteiger partial charge in [0.1, 0.15) is 5.82 Å². The summed E-state index contributed by atoms with van der Waals surface area (Å²) >= 11 is 0. The van der Waals surface area contributed by atoms with Gasteiger partial charge < -0.3 is 0 Å². The highest BCUT2D eigenvalue weighted by Gasteiger charge is 2.36. The lowest BCUT2D eigenvalue weighted by atomic mass is 10.2. The first-order valence-corrected chi connectivity index (χ1v) is 11.2. The number of sulfonamides is 1. The lowest BCUT2D eigenvalue weighted by molar-refractivity contribution is 0.148. The summed E-state index contributed by atoms with van der Waals surface area (Å²) in [5.74, 6) is -0.0828. The fourth-order valence-corrected chi connectivity index (χ4v) is 6.80. The normalized spacial score (nSPS) is 25.8. The van der Waals surface area contributed by atoms with Crippen LogP contribution in [0.3, 0.4) is 0 Å². The van der Waals surface area contributed by atoms with Crippen molar-refractivity contribution in [2.75, 3.05) is 37.7 Å². The Morgan fingerprint density at radius 3 is 2.38 bits per heavy atom. The van der Waals surface area contributed by atoms with Crippen LogP contribution in [-0.2, 0) is 19.9 Å². The van der Waals surface area contributed by atoms with E-state index in [0.717, 1.165) is 6.07 Å². The van der Waals surface area contributed by atoms with E-state index in [-0.39, 0.29) is 22.4 Å². The Morgan fingerprint density at radius 2 is 1.83 bits per heavy atom. The van der Waals surface area contributed by atoms with Crippen molar-refractivity contribution < 1.29 is 21.2 Å². The maximum atomic E-state index is 13.2. The zero-order chi connectivity index (χ0) is 17.5. The van der Waals surface area contributed by atoms with E-state index in [4.69, 9.17) is 0 Å². The number of rotatable bonds is 3. The smallest absolute Gasteiger partial charge is 0.243 e. The summed E-state index contributed by atoms with van der Waals surface area (Å²) in [5, 5.41) is 0. The molecule has 1 aromatic carbocycles. The number of hydrogen-bond acceptors (Lipinski definition) is 5. The number of benzene rings is 1. The van der Waals surface area contributed by atoms with Gasteiger partial charge in [-0.3, -0.25) is 4.90 Å². The third kappa shape index (κ3) is 3.49. The van der Waals surface area contributed by atoms with Crippen molar-refractivity contribution in [2.24, 2.45) is 0 Å². The third-order valence-electron chi connectivity index (χ3n) is 4.75. The molecule has 1 aromatic rings. The van der Waals surface area contributed by atoms with Gasteiger partial charge in [0.2, 0.25) is 10.0 Å². The largest absolute Gasteiger partial charge is 0.297 e. The monoisotopic (exact) mass is 376 g/mol. The van der Waals surface area contributed by atoms with Crippen molar-refractivity contribution in [2.45, 2.75) is 24.3 Å². The molecule has 2 aliphatic rings. The van der Waals surface area contributed by atoms with E-state index in [0.29, 0.717) is 38.2 Å². The Morgan fingerprint density at radius 1 is 1.17 bits per heavy atom. The molecule has 9 heteroatoms. The molecule has 0 radical (unpaired) electrons. The van der Waals surface area contributed by atoms with Crippen molar-refractivity contribution in [3.05, 3.63) is 29.6 Å². The summed E-state index contributed by atoms with van der Waals surface area (Å²) in [6, 6.07) is 3.66. The molecule has 2 heterocycles. The van der Waals surface area contributed by atoms with Crippen molar-refractivity contribution >= 4 is 19.9 Å². The fourth-order valence-electron chi connectivity index (χ4n) is 3.41. The summed E-state index contributed by atoms with van der Waals surface area (Å²) < 4.78 is 63.3. The Kier molecular flexibility index (Phi) is 4.71. The standard InChI is InChI=1S/C15H21FN2O4S2/c1-12-10-13(16)2-3-15(12)24(21,22)18-7-5-17(6-8-18)14-4-9-23(19,20)11-14/h2-3,10,14H,4-9,11H2,1H3. The number of piperazine rings is 1. The Hall–Kier alpha value is -1.03. The third-order valence-corrected chi connectivity index (χ3v) is 8.56. The van der Waals surface area contributed by atoms with Gasteiger partial charge in [-0.1, -0.05) is 0 Å². The topological polar surface area (TPSA) is 74.8 Å². The van der Waals surface area contributed by atoms with Gasteiger partial charge in [0, 0.05) is 32.2 Å². The zero-order valence-electron chi connectivity index (χ0n) is 13.5. The van der Waals surface area contributed by atoms with E-state index >= 15 is 0 Å². The van der Waals surface area contributed by atoms with Crippen LogP contribution in [0.15, 0.2) is 23.1 Å². The Labute approximate surface area is 142 Å². The highest BCUT2D eigenvalue weighted by molar-refractivity contribution is 7.91. The first-order chi connectivity index (χ1) is 11.2. The minimum absolute atomic E-state index is 0.00703. The second kappa shape index (κ2) is 6.36. The van der Waals surface area contributed by atoms with Gasteiger partial charge in [-0.25, -0.2) is 21.2 Å². The van der Waals surface area contributed by atoms with Crippen molar-refractivity contribution in [3.63, 3.8) is 0 Å². The van der Waals surface area contributed by atoms with E-state index in [1.807, 2.05) is 0 Å². The lowest BCUT2D eigenvalue weighted by Gasteiger charge is -2.37. The van der Waals surface area contributed by atoms with Crippen LogP contribution in [0, 0.1) is 12.7 Å². The summed E-state index contributed by atoms with van der Waals surface area (Å²) in [4.78, 5) is 2.19. The number of aryl methyl sites for hydroxylation is 1. The van der Waals surface area contributed by atoms with Crippen molar-refractivity contribution in [1.82, 2.24) is 9.21 Å². The fraction of sp³-hybridized carbons (Fsp3) is 0.600. The second-order valence-corrected chi connectivity index (χ2v) is 10.5. The first kappa shape index (κ1) is 17.8. The molecule has 1 unspecified atom stereocenters. The summed E-state index contributed by atoms with van der Waals surface area (Å²) in [7, 11) is -6.61. The van der Waals surface area contributed by atoms with Gasteiger partial charge >= 0.3 is 0 Å². The minimum atomic E-state index is -3.66. The van der Waals surface area contributed by atoms with Crippen LogP contribution in [0.2, 0.25) is 0 Å². The number of hydrogen-bond donors (Lipinski definition) is 0. The predicted octanol–water partition coefficient (Wildman–Crippen LogP) is 0.628. The lowest BCUT2D eigenvalue weighted by Crippen LogP contribution is -2.52. The van der Waals surface area contributed by atoms with Gasteiger partial charge in [-0.15, -0.1) is 0 Å². The molecule has 1 atom stereocenters. The molecule has 0 aliphatic carbocycles. The summed E-state index contributed by atoms with van der Waals surface area (Å²) in [6.07, 6.45) is 0.617. The van der Waals surface area contributed by atoms with E-state index in [2.05, 4.69) is 4.90 Å². The van der Waals surface area contributed by atoms with Gasteiger partial charge in [0.15, 0.2) is 9.84 Å². The van der Waals surface area contributed by atoms with Crippen LogP contribution in [-0.4, -0.2) is 69.8 Å². The molecule has 0 saturated carbocycles. The molecule has 0 amide bonds. The first-order valence-electron chi connectivity index (χ1n) is 7.90. The average molecular weight is 376 g/mol. The molecule has 0 N–H and O–H groups in total. The summed E-state index contributed by atoms with van der Waals surface area (Å²) in [6.45, 7) is 3.24. The minimum Gasteiger partial charge on any atom is -0.297 e. The highest BCUT2D eigenvalue weighted by atomic mass is 32.2. The molecule has 6 nitrogen and oxygen atoms in total. The van der Waals surface area contributed by atoms with Crippen LogP contribution in [0.5, 0.6) is 0 Å². The van der Waals surface area contributed by atoms with Crippen LogP contribution in [0.1, 0.15) is 12.0 Å². The SMILES string of the molecule is Cc1cc(F)ccc1S(=O)(=O)N1CCN(C2CCS(=O)(=O)C2)CC1. The molecule has 0 spiro atoms. The van der Waals surface area contributed by atoms with Gasteiger partial charge in [-0.05, 0) is 37.1 Å². The van der Waals surface area contributed by atoms with E-state index in [1.165, 1.54) is 16.4 Å². The highest BCUT2D eigenvalue weighted by Crippen LogP contribution is 2.24. The van der Waals surface area contributed by atoms with E-state index in [9.17, 15) is 21.2 Å². The molecule has 0 bridgehead atoms. The second-order valence-electron chi connectivity index (χ2n) is 6.41. The van der Waals surface area contributed by atoms with E-state index in [1.54, 1.807) is 6.92 Å². The van der Waals surface area contributed by atoms with Gasteiger partial charge in [0.05, 0.1) is 16.4 Å². The zero-order valence-corrected chi connectivity index (χ0v) is 15.1. The number of sulfone groups is 1. The quantitative estimate of drug-likeness (QED) is 0.773. The van der Waals surface area contributed by atoms with Crippen LogP contribution in [0.25, 0.3) is 0 Å². The molecule has 0 aromatic heterocycles. The predicted molar refractivity (Wildman–Crippen MR) is 88.5 cm³/mol. The molecule has 3 rings (SSSR count).